The predicted octanol–water partition coefficient (Wildman–Crippen LogP) is 2.53. The Bertz CT molecular complexity index is 1130. The first-order valence-corrected chi connectivity index (χ1v) is 8.14. The summed E-state index contributed by atoms with van der Waals surface area (Å²) in [6.45, 7) is 1.62. The van der Waals surface area contributed by atoms with E-state index in [1.807, 2.05) is 0 Å². The van der Waals surface area contributed by atoms with Gasteiger partial charge in [0.05, 0.1) is 5.69 Å². The van der Waals surface area contributed by atoms with Crippen LogP contribution in [0.5, 0.6) is 5.75 Å². The van der Waals surface area contributed by atoms with Crippen LogP contribution in [0.15, 0.2) is 50.3 Å². The molecule has 0 spiro atoms. The summed E-state index contributed by atoms with van der Waals surface area (Å²) in [4.78, 5) is 11.1. The first kappa shape index (κ1) is 18.9. The van der Waals surface area contributed by atoms with Gasteiger partial charge in [-0.25, -0.2) is 0 Å². The Morgan fingerprint density at radius 1 is 1.04 bits per heavy atom. The Morgan fingerprint density at radius 3 is 2.20 bits per heavy atom. The monoisotopic (exact) mass is 411 g/mol. The number of azo groups is 1. The number of benzene rings is 2. The number of aryl methyl sites for hydroxylation is 1. The van der Waals surface area contributed by atoms with E-state index in [2.05, 4.69) is 20.4 Å². The second-order valence-electron chi connectivity index (χ2n) is 5.02. The van der Waals surface area contributed by atoms with Crippen molar-refractivity contribution in [3.8, 4) is 5.75 Å². The van der Waals surface area contributed by atoms with E-state index in [9.17, 15) is 22.9 Å². The third kappa shape index (κ3) is 3.49. The Kier molecular flexibility index (Phi) is 5.14. The number of nitrogens with one attached hydrogen (secondary N) is 2. The van der Waals surface area contributed by atoms with Gasteiger partial charge in [0.15, 0.2) is 5.69 Å². The van der Waals surface area contributed by atoms with Crippen molar-refractivity contribution in [3.63, 3.8) is 0 Å². The second kappa shape index (κ2) is 6.81. The van der Waals surface area contributed by atoms with E-state index in [1.165, 1.54) is 12.1 Å². The number of hydrogen-bond donors (Lipinski definition) is 4. The second-order valence-corrected chi connectivity index (χ2v) is 6.41. The van der Waals surface area contributed by atoms with Gasteiger partial charge in [-0.3, -0.25) is 14.4 Å². The summed E-state index contributed by atoms with van der Waals surface area (Å²) in [5.74, 6) is -0.491. The van der Waals surface area contributed by atoms with Crippen molar-refractivity contribution < 1.29 is 35.1 Å². The van der Waals surface area contributed by atoms with E-state index in [0.717, 1.165) is 6.07 Å². The quantitative estimate of drug-likeness (QED) is 0.297. The van der Waals surface area contributed by atoms with Crippen molar-refractivity contribution >= 4 is 32.3 Å². The van der Waals surface area contributed by atoms with Crippen molar-refractivity contribution in [2.45, 2.75) is 11.8 Å². The average molecular weight is 412 g/mol. The maximum atomic E-state index is 11.6. The largest absolute Gasteiger partial charge is 0.506 e. The van der Waals surface area contributed by atoms with Crippen LogP contribution in [0.4, 0.5) is 11.4 Å². The van der Waals surface area contributed by atoms with Crippen LogP contribution in [0.3, 0.4) is 0 Å². The van der Waals surface area contributed by atoms with Crippen molar-refractivity contribution in [3.05, 3.63) is 46.4 Å². The first-order chi connectivity index (χ1) is 11.3. The molecule has 135 valence electrons. The normalized spacial score (nSPS) is 11.8. The van der Waals surface area contributed by atoms with E-state index < -0.39 is 26.3 Å². The van der Waals surface area contributed by atoms with E-state index in [0.29, 0.717) is 5.69 Å². The topological polar surface area (TPSA) is 148 Å². The van der Waals surface area contributed by atoms with Crippen LogP contribution in [-0.4, -0.2) is 28.3 Å². The average Bonchev–Trinajstić information content (AvgIpc) is 2.84. The number of phenols is 1. The number of aromatic amines is 2. The van der Waals surface area contributed by atoms with E-state index in [4.69, 9.17) is 0 Å². The third-order valence-electron chi connectivity index (χ3n) is 3.42. The van der Waals surface area contributed by atoms with Crippen molar-refractivity contribution in [1.82, 2.24) is 10.2 Å². The molecule has 0 unspecified atom stereocenters. The maximum absolute atomic E-state index is 11.6. The fourth-order valence-corrected chi connectivity index (χ4v) is 3.01. The number of hydrogen-bond acceptors (Lipinski definition) is 6. The van der Waals surface area contributed by atoms with E-state index in [1.54, 1.807) is 19.1 Å². The molecule has 3 rings (SSSR count). The fraction of sp³-hybridized carbons (Fsp3) is 0.0714. The Balaban J connectivity index is 0.00000225. The molecule has 25 heavy (non-hydrogen) atoms. The smallest absolute Gasteiger partial charge is 0.295 e. The fourth-order valence-electron chi connectivity index (χ4n) is 2.29. The Labute approximate surface area is 152 Å². The van der Waals surface area contributed by atoms with E-state index in [-0.39, 0.29) is 39.2 Å². The van der Waals surface area contributed by atoms with Crippen LogP contribution in [0.2, 0.25) is 0 Å². The summed E-state index contributed by atoms with van der Waals surface area (Å²) in [5, 5.41) is 23.2. The van der Waals surface area contributed by atoms with Gasteiger partial charge in [-0.15, -0.1) is 10.2 Å². The van der Waals surface area contributed by atoms with Crippen molar-refractivity contribution in [1.29, 1.82) is 0 Å². The molecule has 9 nitrogen and oxygen atoms in total. The minimum atomic E-state index is -4.53. The minimum Gasteiger partial charge on any atom is -0.506 e. The molecule has 0 saturated heterocycles. The molecule has 3 aromatic rings. The van der Waals surface area contributed by atoms with Crippen LogP contribution >= 0.6 is 0 Å². The molecule has 0 amide bonds. The van der Waals surface area contributed by atoms with Gasteiger partial charge in [-0.2, -0.15) is 8.42 Å². The summed E-state index contributed by atoms with van der Waals surface area (Å²) >= 11 is 0. The Morgan fingerprint density at radius 2 is 1.64 bits per heavy atom. The van der Waals surface area contributed by atoms with Gasteiger partial charge in [0.2, 0.25) is 0 Å². The van der Waals surface area contributed by atoms with Gasteiger partial charge in [0.25, 0.3) is 15.7 Å². The molecular formula is C14H12CuN4O5S. The molecule has 0 aliphatic carbocycles. The van der Waals surface area contributed by atoms with Crippen LogP contribution in [0, 0.1) is 6.92 Å². The van der Waals surface area contributed by atoms with Gasteiger partial charge >= 0.3 is 0 Å². The molecule has 0 aliphatic heterocycles. The summed E-state index contributed by atoms with van der Waals surface area (Å²) < 4.78 is 32.3. The Hall–Kier alpha value is -2.46. The molecule has 0 saturated carbocycles. The predicted molar refractivity (Wildman–Crippen MR) is 85.8 cm³/mol. The number of rotatable bonds is 3. The molecular weight excluding hydrogens is 400 g/mol. The standard InChI is InChI=1S/C14H12N4O5S.Cu/c1-7-12(14(20)18-15-7)16-17-13-9-5-3-2-4-8(9)11(6-10(13)19)24(21,22)23;/h2-6,19H,1H3,(H2,15,18,20)(H,21,22,23);. The molecule has 11 heteroatoms. The molecule has 4 N–H and O–H groups in total. The molecule has 0 bridgehead atoms. The molecule has 1 heterocycles. The molecule has 0 atom stereocenters. The third-order valence-corrected chi connectivity index (χ3v) is 4.31. The van der Waals surface area contributed by atoms with E-state index >= 15 is 0 Å². The molecule has 1 aromatic heterocycles. The SMILES string of the molecule is Cc1[nH][nH]c(=O)c1N=Nc1c(O)cc(S(=O)(=O)O)c2ccccc12.[Cu]. The zero-order valence-corrected chi connectivity index (χ0v) is 14.4. The van der Waals surface area contributed by atoms with Crippen LogP contribution in [-0.2, 0) is 27.2 Å². The van der Waals surface area contributed by atoms with Crippen LogP contribution in [0.1, 0.15) is 5.69 Å². The molecule has 0 aliphatic rings. The van der Waals surface area contributed by atoms with Crippen LogP contribution < -0.4 is 5.56 Å². The maximum Gasteiger partial charge on any atom is 0.295 e. The van der Waals surface area contributed by atoms with Gasteiger partial charge in [0, 0.05) is 33.9 Å². The van der Waals surface area contributed by atoms with Crippen LogP contribution in [0.25, 0.3) is 10.8 Å². The first-order valence-electron chi connectivity index (χ1n) is 6.70. The number of H-pyrrole nitrogens is 2. The summed E-state index contributed by atoms with van der Waals surface area (Å²) in [7, 11) is -4.53. The number of phenolic OH excluding ortho intramolecular Hbond substituents is 1. The molecule has 1 radical (unpaired) electrons. The molecule has 2 aromatic carbocycles. The molecule has 0 fully saturated rings. The number of aromatic hydroxyl groups is 1. The van der Waals surface area contributed by atoms with Crippen molar-refractivity contribution in [2.75, 3.05) is 0 Å². The minimum absolute atomic E-state index is 0. The van der Waals surface area contributed by atoms with Gasteiger partial charge < -0.3 is 10.2 Å². The van der Waals surface area contributed by atoms with Crippen molar-refractivity contribution in [2.24, 2.45) is 10.2 Å². The van der Waals surface area contributed by atoms with Gasteiger partial charge in [-0.1, -0.05) is 24.3 Å². The van der Waals surface area contributed by atoms with Gasteiger partial charge in [-0.05, 0) is 6.92 Å². The number of aromatic nitrogens is 2. The zero-order chi connectivity index (χ0) is 17.5. The zero-order valence-electron chi connectivity index (χ0n) is 12.6. The number of nitrogens with zero attached hydrogens (tertiary/aromatic N) is 2. The number of fused-ring (bicyclic) bond motifs is 1. The summed E-state index contributed by atoms with van der Waals surface area (Å²) in [6.07, 6.45) is 0. The summed E-state index contributed by atoms with van der Waals surface area (Å²) in [6, 6.07) is 7.07. The summed E-state index contributed by atoms with van der Waals surface area (Å²) in [5.41, 5.74) is 0.00652. The van der Waals surface area contributed by atoms with Gasteiger partial charge in [0.1, 0.15) is 16.3 Å².